The molecule has 1 atom stereocenters. The van der Waals surface area contributed by atoms with Gasteiger partial charge >= 0.3 is 0 Å². The molecule has 0 aliphatic heterocycles. The maximum Gasteiger partial charge on any atom is 0.253 e. The number of benzene rings is 2. The number of nitrogens with zero attached hydrogens (tertiary/aromatic N) is 1. The molecular formula is C23H31N3O4S. The van der Waals surface area contributed by atoms with Crippen molar-refractivity contribution in [3.63, 3.8) is 0 Å². The predicted molar refractivity (Wildman–Crippen MR) is 125 cm³/mol. The Kier molecular flexibility index (Phi) is 7.49. The SMILES string of the molecule is CC[C@@H](C(=O)Nc1ccccc1C(=O)NC(C)(C)C)N(c1cccc(C)c1)S(C)(=O)=O. The molecular weight excluding hydrogens is 414 g/mol. The highest BCUT2D eigenvalue weighted by Gasteiger charge is 2.32. The van der Waals surface area contributed by atoms with E-state index in [0.717, 1.165) is 16.1 Å². The van der Waals surface area contributed by atoms with Crippen LogP contribution in [0.25, 0.3) is 0 Å². The zero-order valence-electron chi connectivity index (χ0n) is 18.9. The van der Waals surface area contributed by atoms with Gasteiger partial charge in [0.15, 0.2) is 0 Å². The predicted octanol–water partition coefficient (Wildman–Crippen LogP) is 3.71. The van der Waals surface area contributed by atoms with Crippen LogP contribution in [0.3, 0.4) is 0 Å². The Balaban J connectivity index is 2.40. The summed E-state index contributed by atoms with van der Waals surface area (Å²) in [6, 6.07) is 12.7. The number of nitrogens with one attached hydrogen (secondary N) is 2. The van der Waals surface area contributed by atoms with E-state index in [-0.39, 0.29) is 12.3 Å². The minimum absolute atomic E-state index is 0.253. The largest absolute Gasteiger partial charge is 0.347 e. The van der Waals surface area contributed by atoms with Crippen molar-refractivity contribution in [2.75, 3.05) is 15.9 Å². The lowest BCUT2D eigenvalue weighted by molar-refractivity contribution is -0.117. The minimum Gasteiger partial charge on any atom is -0.347 e. The van der Waals surface area contributed by atoms with E-state index in [0.29, 0.717) is 16.9 Å². The summed E-state index contributed by atoms with van der Waals surface area (Å²) in [4.78, 5) is 25.9. The second-order valence-electron chi connectivity index (χ2n) is 8.56. The van der Waals surface area contributed by atoms with Gasteiger partial charge in [0.1, 0.15) is 6.04 Å². The van der Waals surface area contributed by atoms with Crippen molar-refractivity contribution >= 4 is 33.2 Å². The zero-order chi connectivity index (χ0) is 23.4. The number of carbonyl (C=O) groups excluding carboxylic acids is 2. The number of para-hydroxylation sites is 1. The van der Waals surface area contributed by atoms with E-state index in [4.69, 9.17) is 0 Å². The van der Waals surface area contributed by atoms with Crippen LogP contribution >= 0.6 is 0 Å². The first kappa shape index (κ1) is 24.4. The number of sulfonamides is 1. The van der Waals surface area contributed by atoms with Crippen molar-refractivity contribution < 1.29 is 18.0 Å². The molecule has 168 valence electrons. The highest BCUT2D eigenvalue weighted by atomic mass is 32.2. The number of anilines is 2. The Morgan fingerprint density at radius 3 is 2.26 bits per heavy atom. The van der Waals surface area contributed by atoms with Crippen LogP contribution in [0.1, 0.15) is 50.0 Å². The molecule has 8 heteroatoms. The van der Waals surface area contributed by atoms with Crippen LogP contribution in [0.2, 0.25) is 0 Å². The normalized spacial score (nSPS) is 12.7. The second-order valence-corrected chi connectivity index (χ2v) is 10.4. The van der Waals surface area contributed by atoms with Gasteiger partial charge in [-0.3, -0.25) is 13.9 Å². The average molecular weight is 446 g/mol. The van der Waals surface area contributed by atoms with Gasteiger partial charge in [-0.15, -0.1) is 0 Å². The van der Waals surface area contributed by atoms with E-state index < -0.39 is 27.5 Å². The molecule has 0 aliphatic carbocycles. The number of carbonyl (C=O) groups is 2. The topological polar surface area (TPSA) is 95.6 Å². The fraction of sp³-hybridized carbons (Fsp3) is 0.391. The van der Waals surface area contributed by atoms with Gasteiger partial charge in [-0.1, -0.05) is 31.2 Å². The Morgan fingerprint density at radius 2 is 1.71 bits per heavy atom. The van der Waals surface area contributed by atoms with Crippen molar-refractivity contribution in [3.05, 3.63) is 59.7 Å². The third-order valence-corrected chi connectivity index (χ3v) is 5.68. The van der Waals surface area contributed by atoms with E-state index in [2.05, 4.69) is 10.6 Å². The molecule has 0 saturated carbocycles. The Labute approximate surface area is 184 Å². The first-order valence-corrected chi connectivity index (χ1v) is 12.0. The molecule has 2 rings (SSSR count). The molecule has 0 aliphatic rings. The van der Waals surface area contributed by atoms with Crippen molar-refractivity contribution in [1.82, 2.24) is 5.32 Å². The summed E-state index contributed by atoms with van der Waals surface area (Å²) in [5, 5.41) is 5.63. The fourth-order valence-electron chi connectivity index (χ4n) is 3.24. The van der Waals surface area contributed by atoms with Crippen molar-refractivity contribution in [1.29, 1.82) is 0 Å². The lowest BCUT2D eigenvalue weighted by atomic mass is 10.1. The van der Waals surface area contributed by atoms with Gasteiger partial charge in [-0.05, 0) is 63.9 Å². The molecule has 2 aromatic rings. The fourth-order valence-corrected chi connectivity index (χ4v) is 4.44. The summed E-state index contributed by atoms with van der Waals surface area (Å²) in [5.41, 5.74) is 1.49. The molecule has 2 N–H and O–H groups in total. The van der Waals surface area contributed by atoms with Crippen molar-refractivity contribution in [3.8, 4) is 0 Å². The van der Waals surface area contributed by atoms with Crippen molar-refractivity contribution in [2.45, 2.75) is 52.6 Å². The van der Waals surface area contributed by atoms with E-state index in [1.807, 2.05) is 33.8 Å². The van der Waals surface area contributed by atoms with E-state index >= 15 is 0 Å². The highest BCUT2D eigenvalue weighted by Crippen LogP contribution is 2.25. The Hall–Kier alpha value is -2.87. The molecule has 2 amide bonds. The molecule has 0 bridgehead atoms. The quantitative estimate of drug-likeness (QED) is 0.679. The van der Waals surface area contributed by atoms with Crippen LogP contribution in [0.5, 0.6) is 0 Å². The van der Waals surface area contributed by atoms with Gasteiger partial charge in [0.2, 0.25) is 15.9 Å². The number of aryl methyl sites for hydroxylation is 1. The maximum absolute atomic E-state index is 13.2. The van der Waals surface area contributed by atoms with Crippen LogP contribution in [-0.4, -0.2) is 38.1 Å². The van der Waals surface area contributed by atoms with Crippen molar-refractivity contribution in [2.24, 2.45) is 0 Å². The number of rotatable bonds is 7. The average Bonchev–Trinajstić information content (AvgIpc) is 2.63. The summed E-state index contributed by atoms with van der Waals surface area (Å²) >= 11 is 0. The van der Waals surface area contributed by atoms with Gasteiger partial charge in [0.05, 0.1) is 23.2 Å². The third kappa shape index (κ3) is 6.55. The summed E-state index contributed by atoms with van der Waals surface area (Å²) in [5.74, 6) is -0.833. The van der Waals surface area contributed by atoms with E-state index in [9.17, 15) is 18.0 Å². The third-order valence-electron chi connectivity index (χ3n) is 4.50. The minimum atomic E-state index is -3.74. The van der Waals surface area contributed by atoms with Gasteiger partial charge in [0.25, 0.3) is 5.91 Å². The molecule has 2 aromatic carbocycles. The van der Waals surface area contributed by atoms with E-state index in [1.54, 1.807) is 49.4 Å². The summed E-state index contributed by atoms with van der Waals surface area (Å²) in [6.45, 7) is 9.20. The zero-order valence-corrected chi connectivity index (χ0v) is 19.7. The van der Waals surface area contributed by atoms with Crippen LogP contribution < -0.4 is 14.9 Å². The van der Waals surface area contributed by atoms with E-state index in [1.165, 1.54) is 0 Å². The summed E-state index contributed by atoms with van der Waals surface area (Å²) < 4.78 is 26.4. The highest BCUT2D eigenvalue weighted by molar-refractivity contribution is 7.92. The smallest absolute Gasteiger partial charge is 0.253 e. The molecule has 7 nitrogen and oxygen atoms in total. The lowest BCUT2D eigenvalue weighted by Crippen LogP contribution is -2.47. The van der Waals surface area contributed by atoms with Crippen LogP contribution in [0, 0.1) is 6.92 Å². The molecule has 0 unspecified atom stereocenters. The lowest BCUT2D eigenvalue weighted by Gasteiger charge is -2.30. The van der Waals surface area contributed by atoms with Gasteiger partial charge in [-0.2, -0.15) is 0 Å². The number of hydrogen-bond acceptors (Lipinski definition) is 4. The molecule has 0 saturated heterocycles. The Morgan fingerprint density at radius 1 is 1.06 bits per heavy atom. The maximum atomic E-state index is 13.2. The molecule has 0 heterocycles. The molecule has 0 fully saturated rings. The number of hydrogen-bond donors (Lipinski definition) is 2. The van der Waals surface area contributed by atoms with Gasteiger partial charge in [0, 0.05) is 5.54 Å². The molecule has 31 heavy (non-hydrogen) atoms. The first-order chi connectivity index (χ1) is 14.3. The van der Waals surface area contributed by atoms with Gasteiger partial charge < -0.3 is 10.6 Å². The van der Waals surface area contributed by atoms with Crippen LogP contribution in [0.4, 0.5) is 11.4 Å². The molecule has 0 radical (unpaired) electrons. The van der Waals surface area contributed by atoms with Crippen LogP contribution in [0.15, 0.2) is 48.5 Å². The standard InChI is InChI=1S/C23H31N3O4S/c1-7-20(26(31(6,29)30)17-12-10-11-16(2)15-17)22(28)24-19-14-9-8-13-18(19)21(27)25-23(3,4)5/h8-15,20H,7H2,1-6H3,(H,24,28)(H,25,27)/t20-/m0/s1. The molecule has 0 aromatic heterocycles. The Bertz CT molecular complexity index is 1060. The molecule has 0 spiro atoms. The number of amides is 2. The van der Waals surface area contributed by atoms with Gasteiger partial charge in [-0.25, -0.2) is 8.42 Å². The monoisotopic (exact) mass is 445 g/mol. The second kappa shape index (κ2) is 9.51. The first-order valence-electron chi connectivity index (χ1n) is 10.1. The summed E-state index contributed by atoms with van der Waals surface area (Å²) in [7, 11) is -3.74. The van der Waals surface area contributed by atoms with Crippen LogP contribution in [-0.2, 0) is 14.8 Å². The summed E-state index contributed by atoms with van der Waals surface area (Å²) in [6.07, 6.45) is 1.33.